The van der Waals surface area contributed by atoms with E-state index >= 15 is 0 Å². The molecule has 6 nitrogen and oxygen atoms in total. The molecule has 0 spiro atoms. The summed E-state index contributed by atoms with van der Waals surface area (Å²) in [7, 11) is 4.17. The average molecular weight is 425 g/mol. The summed E-state index contributed by atoms with van der Waals surface area (Å²) in [6, 6.07) is 16.5. The number of halogens is 1. The number of rotatable bonds is 9. The standard InChI is InChI=1S/C22H22BClN2O4/c1-26(2)12-13-29-17-9-10-19(18(14-17)15-5-7-16(24)8-6-15)23-30-20-4-3-11-25-21(20)22(27)28/h3-11,14,23H,12-13H2,1-2H3,(H,27,28). The Morgan fingerprint density at radius 2 is 1.93 bits per heavy atom. The van der Waals surface area contributed by atoms with Gasteiger partial charge in [-0.1, -0.05) is 29.8 Å². The second-order valence-corrected chi connectivity index (χ2v) is 7.36. The Morgan fingerprint density at radius 3 is 2.63 bits per heavy atom. The molecule has 0 atom stereocenters. The lowest BCUT2D eigenvalue weighted by Crippen LogP contribution is -2.24. The van der Waals surface area contributed by atoms with Crippen molar-refractivity contribution in [1.82, 2.24) is 9.88 Å². The third-order valence-electron chi connectivity index (χ3n) is 4.40. The fourth-order valence-electron chi connectivity index (χ4n) is 2.84. The van der Waals surface area contributed by atoms with E-state index in [1.807, 2.05) is 56.6 Å². The molecule has 0 fully saturated rings. The number of likely N-dealkylation sites (N-methyl/N-ethyl adjacent to an activating group) is 1. The van der Waals surface area contributed by atoms with Crippen molar-refractivity contribution in [3.63, 3.8) is 0 Å². The van der Waals surface area contributed by atoms with E-state index in [4.69, 9.17) is 21.0 Å². The molecule has 0 aliphatic carbocycles. The summed E-state index contributed by atoms with van der Waals surface area (Å²) in [5, 5.41) is 9.95. The minimum absolute atomic E-state index is 0.116. The Hall–Kier alpha value is -3.03. The fraction of sp³-hybridized carbons (Fsp3) is 0.182. The highest BCUT2D eigenvalue weighted by atomic mass is 35.5. The molecule has 1 heterocycles. The maximum atomic E-state index is 11.4. The molecule has 30 heavy (non-hydrogen) atoms. The predicted molar refractivity (Wildman–Crippen MR) is 120 cm³/mol. The average Bonchev–Trinajstić information content (AvgIpc) is 2.73. The van der Waals surface area contributed by atoms with Crippen molar-refractivity contribution < 1.29 is 19.3 Å². The molecular formula is C22H22BClN2O4. The second-order valence-electron chi connectivity index (χ2n) is 6.92. The molecule has 0 bridgehead atoms. The first kappa shape index (κ1) is 21.7. The fourth-order valence-corrected chi connectivity index (χ4v) is 2.96. The minimum Gasteiger partial charge on any atom is -0.557 e. The third kappa shape index (κ3) is 5.75. The number of hydrogen-bond donors (Lipinski definition) is 1. The van der Waals surface area contributed by atoms with Crippen LogP contribution in [-0.2, 0) is 0 Å². The monoisotopic (exact) mass is 424 g/mol. The molecule has 1 aromatic heterocycles. The molecule has 0 unspecified atom stereocenters. The highest BCUT2D eigenvalue weighted by molar-refractivity contribution is 6.50. The van der Waals surface area contributed by atoms with Crippen molar-refractivity contribution in [1.29, 1.82) is 0 Å². The zero-order valence-corrected chi connectivity index (χ0v) is 17.6. The molecule has 0 saturated carbocycles. The van der Waals surface area contributed by atoms with Gasteiger partial charge in [-0.25, -0.2) is 9.78 Å². The summed E-state index contributed by atoms with van der Waals surface area (Å²) in [6.45, 7) is 1.38. The van der Waals surface area contributed by atoms with Gasteiger partial charge in [-0.2, -0.15) is 0 Å². The summed E-state index contributed by atoms with van der Waals surface area (Å²) in [5.41, 5.74) is 2.65. The largest absolute Gasteiger partial charge is 0.557 e. The predicted octanol–water partition coefficient (Wildman–Crippen LogP) is 3.10. The summed E-state index contributed by atoms with van der Waals surface area (Å²) in [5.74, 6) is -0.162. The molecule has 0 saturated heterocycles. The number of aromatic nitrogens is 1. The first-order valence-electron chi connectivity index (χ1n) is 9.41. The van der Waals surface area contributed by atoms with Crippen LogP contribution in [0.3, 0.4) is 0 Å². The SMILES string of the molecule is CN(C)CCOc1ccc(BOc2cccnc2C(=O)O)c(-c2ccc(Cl)cc2)c1. The molecule has 0 amide bonds. The van der Waals surface area contributed by atoms with Crippen LogP contribution in [0.2, 0.25) is 5.02 Å². The van der Waals surface area contributed by atoms with E-state index in [2.05, 4.69) is 9.88 Å². The Bertz CT molecular complexity index is 1010. The number of carbonyl (C=O) groups is 1. The third-order valence-corrected chi connectivity index (χ3v) is 4.65. The molecule has 8 heteroatoms. The van der Waals surface area contributed by atoms with Crippen molar-refractivity contribution >= 4 is 30.5 Å². The highest BCUT2D eigenvalue weighted by Gasteiger charge is 2.15. The maximum Gasteiger partial charge on any atom is 0.374 e. The van der Waals surface area contributed by atoms with Gasteiger partial charge in [0.1, 0.15) is 18.1 Å². The zero-order valence-electron chi connectivity index (χ0n) is 16.8. The number of benzene rings is 2. The molecule has 1 N–H and O–H groups in total. The number of nitrogens with zero attached hydrogens (tertiary/aromatic N) is 2. The van der Waals surface area contributed by atoms with Gasteiger partial charge in [-0.3, -0.25) is 0 Å². The van der Waals surface area contributed by atoms with Gasteiger partial charge in [0.05, 0.1) is 0 Å². The van der Waals surface area contributed by atoms with E-state index in [9.17, 15) is 9.90 Å². The van der Waals surface area contributed by atoms with Gasteiger partial charge < -0.3 is 19.4 Å². The van der Waals surface area contributed by atoms with Gasteiger partial charge in [-0.05, 0) is 67.1 Å². The van der Waals surface area contributed by atoms with Gasteiger partial charge in [0.2, 0.25) is 0 Å². The van der Waals surface area contributed by atoms with Gasteiger partial charge in [0.15, 0.2) is 5.69 Å². The molecule has 154 valence electrons. The van der Waals surface area contributed by atoms with Crippen LogP contribution in [0.4, 0.5) is 0 Å². The van der Waals surface area contributed by atoms with Crippen LogP contribution in [0.15, 0.2) is 60.8 Å². The van der Waals surface area contributed by atoms with Gasteiger partial charge >= 0.3 is 13.5 Å². The summed E-state index contributed by atoms with van der Waals surface area (Å²) >= 11 is 6.04. The zero-order chi connectivity index (χ0) is 21.5. The first-order chi connectivity index (χ1) is 14.4. The van der Waals surface area contributed by atoms with Gasteiger partial charge in [0, 0.05) is 17.8 Å². The lowest BCUT2D eigenvalue weighted by atomic mass is 9.81. The van der Waals surface area contributed by atoms with Crippen LogP contribution in [0.25, 0.3) is 11.1 Å². The molecule has 2 aromatic carbocycles. The lowest BCUT2D eigenvalue weighted by Gasteiger charge is -2.15. The summed E-state index contributed by atoms with van der Waals surface area (Å²) < 4.78 is 11.7. The number of carboxylic acids is 1. The Balaban J connectivity index is 1.87. The van der Waals surface area contributed by atoms with E-state index in [0.717, 1.165) is 28.9 Å². The Labute approximate surface area is 181 Å². The van der Waals surface area contributed by atoms with Crippen molar-refractivity contribution in [3.05, 3.63) is 71.5 Å². The quantitative estimate of drug-likeness (QED) is 0.532. The molecule has 3 aromatic rings. The number of ether oxygens (including phenoxy) is 1. The van der Waals surface area contributed by atoms with E-state index < -0.39 is 5.97 Å². The van der Waals surface area contributed by atoms with Crippen molar-refractivity contribution in [2.24, 2.45) is 0 Å². The normalized spacial score (nSPS) is 10.7. The van der Waals surface area contributed by atoms with Crippen LogP contribution in [-0.4, -0.2) is 55.7 Å². The Kier molecular flexibility index (Phi) is 7.33. The number of pyridine rings is 1. The van der Waals surface area contributed by atoms with Crippen LogP contribution < -0.4 is 14.9 Å². The van der Waals surface area contributed by atoms with Crippen LogP contribution in [0.5, 0.6) is 11.5 Å². The van der Waals surface area contributed by atoms with Crippen molar-refractivity contribution in [2.75, 3.05) is 27.2 Å². The van der Waals surface area contributed by atoms with E-state index in [1.54, 1.807) is 12.1 Å². The molecule has 0 radical (unpaired) electrons. The van der Waals surface area contributed by atoms with Gasteiger partial charge in [-0.15, -0.1) is 0 Å². The molecule has 0 aliphatic rings. The summed E-state index contributed by atoms with van der Waals surface area (Å²) in [6.07, 6.45) is 1.43. The summed E-state index contributed by atoms with van der Waals surface area (Å²) in [4.78, 5) is 17.3. The number of hydrogen-bond acceptors (Lipinski definition) is 5. The van der Waals surface area contributed by atoms with E-state index in [-0.39, 0.29) is 18.9 Å². The Morgan fingerprint density at radius 1 is 1.17 bits per heavy atom. The van der Waals surface area contributed by atoms with Crippen molar-refractivity contribution in [2.45, 2.75) is 0 Å². The topological polar surface area (TPSA) is 71.9 Å². The van der Waals surface area contributed by atoms with Crippen LogP contribution in [0, 0.1) is 0 Å². The van der Waals surface area contributed by atoms with Gasteiger partial charge in [0.25, 0.3) is 0 Å². The first-order valence-corrected chi connectivity index (χ1v) is 9.79. The smallest absolute Gasteiger partial charge is 0.374 e. The van der Waals surface area contributed by atoms with Crippen LogP contribution in [0.1, 0.15) is 10.5 Å². The minimum atomic E-state index is -1.13. The molecule has 0 aliphatic heterocycles. The van der Waals surface area contributed by atoms with Crippen molar-refractivity contribution in [3.8, 4) is 22.6 Å². The maximum absolute atomic E-state index is 11.4. The number of carboxylic acid groups (broad SMARTS) is 1. The van der Waals surface area contributed by atoms with E-state index in [1.165, 1.54) is 6.20 Å². The number of aromatic carboxylic acids is 1. The van der Waals surface area contributed by atoms with Crippen LogP contribution >= 0.6 is 11.6 Å². The van der Waals surface area contributed by atoms with E-state index in [0.29, 0.717) is 11.6 Å². The molecule has 3 rings (SSSR count). The second kappa shape index (κ2) is 10.1. The molecular weight excluding hydrogens is 403 g/mol. The lowest BCUT2D eigenvalue weighted by molar-refractivity contribution is 0.0688. The highest BCUT2D eigenvalue weighted by Crippen LogP contribution is 2.24.